The van der Waals surface area contributed by atoms with Crippen LogP contribution in [0.15, 0.2) is 72.5 Å². The smallest absolute Gasteiger partial charge is 0.327 e. The number of aromatic nitrogens is 1. The van der Waals surface area contributed by atoms with Crippen molar-refractivity contribution in [3.05, 3.63) is 88.7 Å². The molecular formula is C25H26ClN3O4. The predicted octanol–water partition coefficient (Wildman–Crippen LogP) is 4.36. The van der Waals surface area contributed by atoms with Crippen molar-refractivity contribution in [3.63, 3.8) is 0 Å². The van der Waals surface area contributed by atoms with Gasteiger partial charge in [0.05, 0.1) is 6.04 Å². The van der Waals surface area contributed by atoms with Gasteiger partial charge in [0, 0.05) is 19.2 Å². The summed E-state index contributed by atoms with van der Waals surface area (Å²) in [6.45, 7) is 0. The highest BCUT2D eigenvalue weighted by atomic mass is 35.5. The summed E-state index contributed by atoms with van der Waals surface area (Å²) in [4.78, 5) is 30.8. The maximum Gasteiger partial charge on any atom is 0.327 e. The molecule has 1 saturated heterocycles. The number of likely N-dealkylation sites (tertiary alicyclic amines) is 1. The number of halogens is 1. The van der Waals surface area contributed by atoms with E-state index in [0.29, 0.717) is 11.6 Å². The Morgan fingerprint density at radius 1 is 1.27 bits per heavy atom. The van der Waals surface area contributed by atoms with Gasteiger partial charge in [0.2, 0.25) is 0 Å². The molecule has 1 aromatic carbocycles. The number of carboxylic acid groups (broad SMARTS) is 1. The molecule has 0 radical (unpaired) electrons. The molecule has 0 saturated carbocycles. The fourth-order valence-electron chi connectivity index (χ4n) is 4.56. The van der Waals surface area contributed by atoms with E-state index in [-0.39, 0.29) is 6.04 Å². The zero-order valence-corrected chi connectivity index (χ0v) is 19.0. The number of rotatable bonds is 7. The van der Waals surface area contributed by atoms with Crippen LogP contribution in [0.3, 0.4) is 0 Å². The van der Waals surface area contributed by atoms with Crippen LogP contribution in [-0.2, 0) is 16.0 Å². The number of allylic oxidation sites excluding steroid dienone is 2. The zero-order valence-electron chi connectivity index (χ0n) is 18.2. The molecule has 3 unspecified atom stereocenters. The van der Waals surface area contributed by atoms with Gasteiger partial charge in [-0.1, -0.05) is 60.2 Å². The second-order valence-corrected chi connectivity index (χ2v) is 8.54. The Morgan fingerprint density at radius 2 is 2.06 bits per heavy atom. The second kappa shape index (κ2) is 10.2. The maximum atomic E-state index is 13.4. The second-order valence-electron chi connectivity index (χ2n) is 8.15. The number of nitrogens with one attached hydrogen (secondary N) is 1. The first-order chi connectivity index (χ1) is 16.0. The molecule has 4 rings (SSSR count). The van der Waals surface area contributed by atoms with E-state index in [1.54, 1.807) is 18.3 Å². The minimum absolute atomic E-state index is 0.335. The lowest BCUT2D eigenvalue weighted by molar-refractivity contribution is -0.188. The van der Waals surface area contributed by atoms with E-state index in [1.807, 2.05) is 36.4 Å². The number of hydrogen-bond acceptors (Lipinski definition) is 4. The molecule has 1 fully saturated rings. The molecule has 1 aliphatic heterocycles. The van der Waals surface area contributed by atoms with Crippen molar-refractivity contribution >= 4 is 23.6 Å². The number of carboxylic acids is 1. The Kier molecular flexibility index (Phi) is 7.11. The number of methoxy groups -OCH3 is 1. The van der Waals surface area contributed by atoms with Gasteiger partial charge in [-0.3, -0.25) is 4.90 Å². The topological polar surface area (TPSA) is 91.8 Å². The number of pyridine rings is 1. The van der Waals surface area contributed by atoms with Crippen LogP contribution in [0.5, 0.6) is 0 Å². The van der Waals surface area contributed by atoms with Gasteiger partial charge >= 0.3 is 12.0 Å². The van der Waals surface area contributed by atoms with Crippen molar-refractivity contribution in [2.75, 3.05) is 7.11 Å². The summed E-state index contributed by atoms with van der Waals surface area (Å²) in [6, 6.07) is 11.2. The van der Waals surface area contributed by atoms with E-state index in [1.165, 1.54) is 12.0 Å². The van der Waals surface area contributed by atoms with Crippen molar-refractivity contribution in [1.29, 1.82) is 0 Å². The highest BCUT2D eigenvalue weighted by molar-refractivity contribution is 6.29. The number of ether oxygens (including phenoxy) is 1. The number of urea groups is 1. The normalized spacial score (nSPS) is 22.8. The molecule has 33 heavy (non-hydrogen) atoms. The van der Waals surface area contributed by atoms with E-state index < -0.39 is 30.2 Å². The highest BCUT2D eigenvalue weighted by Gasteiger charge is 2.55. The Balaban J connectivity index is 1.57. The first kappa shape index (κ1) is 23.0. The number of carbonyl (C=O) groups is 2. The largest absolute Gasteiger partial charge is 0.480 e. The predicted molar refractivity (Wildman–Crippen MR) is 125 cm³/mol. The molecule has 8 heteroatoms. The summed E-state index contributed by atoms with van der Waals surface area (Å²) < 4.78 is 5.57. The minimum atomic E-state index is -1.07. The van der Waals surface area contributed by atoms with Gasteiger partial charge in [-0.05, 0) is 48.1 Å². The van der Waals surface area contributed by atoms with Crippen molar-refractivity contribution in [2.24, 2.45) is 5.92 Å². The van der Waals surface area contributed by atoms with Crippen LogP contribution in [0.4, 0.5) is 4.79 Å². The van der Waals surface area contributed by atoms with Crippen LogP contribution >= 0.6 is 11.6 Å². The fraction of sp³-hybridized carbons (Fsp3) is 0.320. The Morgan fingerprint density at radius 3 is 2.70 bits per heavy atom. The number of benzene rings is 1. The molecule has 4 atom stereocenters. The van der Waals surface area contributed by atoms with Gasteiger partial charge in [0.1, 0.15) is 17.4 Å². The van der Waals surface area contributed by atoms with Crippen LogP contribution in [0.1, 0.15) is 30.0 Å². The third-order valence-electron chi connectivity index (χ3n) is 6.09. The van der Waals surface area contributed by atoms with Gasteiger partial charge < -0.3 is 15.2 Å². The number of amides is 2. The van der Waals surface area contributed by atoms with Crippen LogP contribution in [0.2, 0.25) is 5.15 Å². The van der Waals surface area contributed by atoms with E-state index in [0.717, 1.165) is 29.5 Å². The van der Waals surface area contributed by atoms with Gasteiger partial charge in [0.15, 0.2) is 0 Å². The lowest BCUT2D eigenvalue weighted by Crippen LogP contribution is -2.71. The molecule has 7 nitrogen and oxygen atoms in total. The molecular weight excluding hydrogens is 442 g/mol. The summed E-state index contributed by atoms with van der Waals surface area (Å²) in [7, 11) is 1.48. The summed E-state index contributed by atoms with van der Waals surface area (Å²) in [5.41, 5.74) is 2.74. The molecule has 1 aromatic heterocycles. The average molecular weight is 468 g/mol. The molecule has 0 bridgehead atoms. The van der Waals surface area contributed by atoms with Gasteiger partial charge in [0.25, 0.3) is 0 Å². The van der Waals surface area contributed by atoms with Crippen molar-refractivity contribution in [3.8, 4) is 0 Å². The van der Waals surface area contributed by atoms with E-state index >= 15 is 0 Å². The van der Waals surface area contributed by atoms with Crippen LogP contribution in [0.25, 0.3) is 0 Å². The zero-order chi connectivity index (χ0) is 23.4. The van der Waals surface area contributed by atoms with E-state index in [4.69, 9.17) is 16.3 Å². The summed E-state index contributed by atoms with van der Waals surface area (Å²) >= 11 is 5.98. The number of aliphatic carboxylic acids is 1. The first-order valence-electron chi connectivity index (χ1n) is 10.9. The molecule has 0 spiro atoms. The van der Waals surface area contributed by atoms with Crippen molar-refractivity contribution < 1.29 is 19.4 Å². The SMILES string of the molecule is COC1[C@H](Cc2ccnc(Cl)c2)C(C(=O)O)N1C(=O)NC(C1=CCCC=C1)c1ccccc1. The Bertz CT molecular complexity index is 1070. The average Bonchev–Trinajstić information content (AvgIpc) is 2.81. The fourth-order valence-corrected chi connectivity index (χ4v) is 4.76. The number of hydrogen-bond donors (Lipinski definition) is 2. The monoisotopic (exact) mass is 467 g/mol. The lowest BCUT2D eigenvalue weighted by atomic mass is 9.81. The van der Waals surface area contributed by atoms with Gasteiger partial charge in [-0.2, -0.15) is 0 Å². The lowest BCUT2D eigenvalue weighted by Gasteiger charge is -2.52. The molecule has 1 aliphatic carbocycles. The molecule has 2 aromatic rings. The van der Waals surface area contributed by atoms with E-state index in [9.17, 15) is 14.7 Å². The third kappa shape index (κ3) is 4.94. The van der Waals surface area contributed by atoms with Gasteiger partial charge in [-0.15, -0.1) is 0 Å². The number of nitrogens with zero attached hydrogens (tertiary/aromatic N) is 2. The molecule has 2 amide bonds. The summed E-state index contributed by atoms with van der Waals surface area (Å²) in [6.07, 6.45) is 9.34. The first-order valence-corrected chi connectivity index (χ1v) is 11.2. The maximum absolute atomic E-state index is 13.4. The van der Waals surface area contributed by atoms with Crippen LogP contribution in [0, 0.1) is 5.92 Å². The molecule has 2 N–H and O–H groups in total. The minimum Gasteiger partial charge on any atom is -0.480 e. The van der Waals surface area contributed by atoms with Crippen molar-refractivity contribution in [1.82, 2.24) is 15.2 Å². The highest BCUT2D eigenvalue weighted by Crippen LogP contribution is 2.37. The standard InChI is InChI=1S/C25H26ClN3O4/c1-33-23-19(14-16-12-13-27-20(26)15-16)22(24(30)31)29(23)25(32)28-21(17-8-4-2-5-9-17)18-10-6-3-7-11-18/h2,4-6,8-13,15,19,21-23H,3,7,14H2,1H3,(H,28,32)(H,30,31)/t19-,21?,22?,23?/m1/s1. The number of carbonyl (C=O) groups excluding carboxylic acids is 1. The Hall–Kier alpha value is -3.16. The quantitative estimate of drug-likeness (QED) is 0.590. The van der Waals surface area contributed by atoms with Crippen LogP contribution in [-0.4, -0.2) is 46.4 Å². The molecule has 2 heterocycles. The molecule has 172 valence electrons. The summed E-state index contributed by atoms with van der Waals surface area (Å²) in [5, 5.41) is 13.3. The third-order valence-corrected chi connectivity index (χ3v) is 6.30. The van der Waals surface area contributed by atoms with Crippen molar-refractivity contribution in [2.45, 2.75) is 37.6 Å². The van der Waals surface area contributed by atoms with Gasteiger partial charge in [-0.25, -0.2) is 14.6 Å². The van der Waals surface area contributed by atoms with Crippen LogP contribution < -0.4 is 5.32 Å². The molecule has 2 aliphatic rings. The summed E-state index contributed by atoms with van der Waals surface area (Å²) in [5.74, 6) is -1.49. The van der Waals surface area contributed by atoms with E-state index in [2.05, 4.69) is 22.5 Å². The Labute approximate surface area is 197 Å².